The van der Waals surface area contributed by atoms with Crippen LogP contribution in [0.25, 0.3) is 0 Å². The van der Waals surface area contributed by atoms with Crippen molar-refractivity contribution in [3.63, 3.8) is 0 Å². The highest BCUT2D eigenvalue weighted by atomic mass is 35.5. The Morgan fingerprint density at radius 3 is 2.75 bits per heavy atom. The van der Waals surface area contributed by atoms with Crippen LogP contribution in [0.15, 0.2) is 12.1 Å². The number of nitrogens with zero attached hydrogens (tertiary/aromatic N) is 1. The number of rotatable bonds is 2. The third-order valence-corrected chi connectivity index (χ3v) is 4.62. The predicted octanol–water partition coefficient (Wildman–Crippen LogP) is 3.18. The van der Waals surface area contributed by atoms with Gasteiger partial charge in [0.1, 0.15) is 18.5 Å². The van der Waals surface area contributed by atoms with E-state index in [2.05, 4.69) is 11.8 Å². The van der Waals surface area contributed by atoms with E-state index in [1.54, 1.807) is 0 Å². The summed E-state index contributed by atoms with van der Waals surface area (Å²) in [5, 5.41) is 11.1. The molecular formula is C16H22ClNO2. The number of benzene rings is 1. The summed E-state index contributed by atoms with van der Waals surface area (Å²) in [6, 6.07) is 3.98. The zero-order chi connectivity index (χ0) is 14.1. The van der Waals surface area contributed by atoms with Gasteiger partial charge in [0, 0.05) is 10.6 Å². The van der Waals surface area contributed by atoms with E-state index < -0.39 is 6.10 Å². The Hall–Kier alpha value is -0.770. The van der Waals surface area contributed by atoms with Crippen molar-refractivity contribution >= 4 is 11.6 Å². The SMILES string of the molecule is CCc1cc(Cl)cc2c1OCC(O)C2N1CCCCC1. The van der Waals surface area contributed by atoms with Crippen LogP contribution in [0, 0.1) is 0 Å². The molecule has 2 aliphatic heterocycles. The Balaban J connectivity index is 2.01. The van der Waals surface area contributed by atoms with Gasteiger partial charge in [0.25, 0.3) is 0 Å². The largest absolute Gasteiger partial charge is 0.490 e. The molecule has 1 aromatic carbocycles. The smallest absolute Gasteiger partial charge is 0.127 e. The summed E-state index contributed by atoms with van der Waals surface area (Å²) in [5.74, 6) is 0.942. The number of aliphatic hydroxyl groups is 1. The lowest BCUT2D eigenvalue weighted by atomic mass is 9.92. The van der Waals surface area contributed by atoms with E-state index >= 15 is 0 Å². The van der Waals surface area contributed by atoms with E-state index in [1.807, 2.05) is 12.1 Å². The van der Waals surface area contributed by atoms with Gasteiger partial charge in [0.2, 0.25) is 0 Å². The number of likely N-dealkylation sites (tertiary alicyclic amines) is 1. The minimum atomic E-state index is -0.469. The van der Waals surface area contributed by atoms with Crippen molar-refractivity contribution in [1.29, 1.82) is 0 Å². The highest BCUT2D eigenvalue weighted by molar-refractivity contribution is 6.30. The van der Waals surface area contributed by atoms with Crippen LogP contribution < -0.4 is 4.74 Å². The molecule has 2 unspecified atom stereocenters. The summed E-state index contributed by atoms with van der Waals surface area (Å²) >= 11 is 6.26. The molecule has 1 aromatic rings. The molecule has 3 nitrogen and oxygen atoms in total. The third-order valence-electron chi connectivity index (χ3n) is 4.41. The average Bonchev–Trinajstić information content (AvgIpc) is 2.47. The fourth-order valence-electron chi connectivity index (χ4n) is 3.44. The molecule has 0 radical (unpaired) electrons. The number of hydrogen-bond acceptors (Lipinski definition) is 3. The molecule has 2 atom stereocenters. The zero-order valence-electron chi connectivity index (χ0n) is 11.9. The van der Waals surface area contributed by atoms with Crippen molar-refractivity contribution in [3.8, 4) is 5.75 Å². The van der Waals surface area contributed by atoms with Crippen LogP contribution in [-0.4, -0.2) is 35.8 Å². The van der Waals surface area contributed by atoms with Crippen LogP contribution >= 0.6 is 11.6 Å². The van der Waals surface area contributed by atoms with Gasteiger partial charge in [0.05, 0.1) is 6.04 Å². The van der Waals surface area contributed by atoms with E-state index in [1.165, 1.54) is 19.3 Å². The number of hydrogen-bond donors (Lipinski definition) is 1. The number of piperidine rings is 1. The Kier molecular flexibility index (Phi) is 4.20. The summed E-state index contributed by atoms with van der Waals surface area (Å²) in [6.07, 6.45) is 4.13. The molecule has 4 heteroatoms. The van der Waals surface area contributed by atoms with Crippen LogP contribution in [0.1, 0.15) is 43.4 Å². The Morgan fingerprint density at radius 2 is 2.05 bits per heavy atom. The second-order valence-corrected chi connectivity index (χ2v) is 6.19. The van der Waals surface area contributed by atoms with Gasteiger partial charge < -0.3 is 9.84 Å². The number of fused-ring (bicyclic) bond motifs is 1. The minimum Gasteiger partial charge on any atom is -0.490 e. The lowest BCUT2D eigenvalue weighted by Crippen LogP contribution is -2.44. The molecule has 0 spiro atoms. The van der Waals surface area contributed by atoms with Gasteiger partial charge in [-0.2, -0.15) is 0 Å². The number of ether oxygens (including phenoxy) is 1. The normalized spacial score (nSPS) is 26.9. The minimum absolute atomic E-state index is 0.0306. The van der Waals surface area contributed by atoms with Crippen molar-refractivity contribution in [2.75, 3.05) is 19.7 Å². The quantitative estimate of drug-likeness (QED) is 0.909. The molecule has 0 bridgehead atoms. The first-order chi connectivity index (χ1) is 9.70. The molecule has 1 fully saturated rings. The molecule has 2 aliphatic rings. The molecule has 1 saturated heterocycles. The monoisotopic (exact) mass is 295 g/mol. The van der Waals surface area contributed by atoms with Crippen LogP contribution in [-0.2, 0) is 6.42 Å². The van der Waals surface area contributed by atoms with Crippen molar-refractivity contribution in [3.05, 3.63) is 28.3 Å². The maximum atomic E-state index is 10.4. The van der Waals surface area contributed by atoms with Gasteiger partial charge in [-0.25, -0.2) is 0 Å². The highest BCUT2D eigenvalue weighted by Gasteiger charge is 2.35. The average molecular weight is 296 g/mol. The molecule has 2 heterocycles. The van der Waals surface area contributed by atoms with E-state index in [9.17, 15) is 5.11 Å². The summed E-state index contributed by atoms with van der Waals surface area (Å²) in [7, 11) is 0. The first kappa shape index (κ1) is 14.2. The predicted molar refractivity (Wildman–Crippen MR) is 80.5 cm³/mol. The van der Waals surface area contributed by atoms with Gasteiger partial charge in [-0.1, -0.05) is 24.9 Å². The van der Waals surface area contributed by atoms with E-state index in [0.29, 0.717) is 6.61 Å². The molecule has 0 saturated carbocycles. The molecule has 20 heavy (non-hydrogen) atoms. The highest BCUT2D eigenvalue weighted by Crippen LogP contribution is 2.41. The lowest BCUT2D eigenvalue weighted by Gasteiger charge is -2.41. The van der Waals surface area contributed by atoms with Crippen molar-refractivity contribution < 1.29 is 9.84 Å². The van der Waals surface area contributed by atoms with Gasteiger partial charge in [0.15, 0.2) is 0 Å². The fraction of sp³-hybridized carbons (Fsp3) is 0.625. The van der Waals surface area contributed by atoms with E-state index in [0.717, 1.165) is 41.4 Å². The molecule has 3 rings (SSSR count). The third kappa shape index (κ3) is 2.54. The first-order valence-electron chi connectivity index (χ1n) is 7.58. The van der Waals surface area contributed by atoms with Gasteiger partial charge >= 0.3 is 0 Å². The molecular weight excluding hydrogens is 274 g/mol. The second-order valence-electron chi connectivity index (χ2n) is 5.76. The zero-order valence-corrected chi connectivity index (χ0v) is 12.7. The summed E-state index contributed by atoms with van der Waals surface area (Å²) in [4.78, 5) is 2.39. The van der Waals surface area contributed by atoms with Crippen molar-refractivity contribution in [2.24, 2.45) is 0 Å². The van der Waals surface area contributed by atoms with Crippen LogP contribution in [0.4, 0.5) is 0 Å². The summed E-state index contributed by atoms with van der Waals surface area (Å²) in [6.45, 7) is 4.59. The summed E-state index contributed by atoms with van der Waals surface area (Å²) in [5.41, 5.74) is 2.21. The summed E-state index contributed by atoms with van der Waals surface area (Å²) < 4.78 is 5.80. The molecule has 110 valence electrons. The Bertz CT molecular complexity index is 486. The van der Waals surface area contributed by atoms with Gasteiger partial charge in [-0.05, 0) is 50.0 Å². The molecule has 0 aliphatic carbocycles. The maximum Gasteiger partial charge on any atom is 0.127 e. The number of aryl methyl sites for hydroxylation is 1. The van der Waals surface area contributed by atoms with Gasteiger partial charge in [-0.15, -0.1) is 0 Å². The molecule has 0 aromatic heterocycles. The standard InChI is InChI=1S/C16H22ClNO2/c1-2-11-8-12(17)9-13-15(14(19)10-20-16(11)13)18-6-4-3-5-7-18/h8-9,14-15,19H,2-7,10H2,1H3. The lowest BCUT2D eigenvalue weighted by molar-refractivity contribution is -0.00708. The van der Waals surface area contributed by atoms with Crippen LogP contribution in [0.5, 0.6) is 5.75 Å². The second kappa shape index (κ2) is 5.92. The maximum absolute atomic E-state index is 10.4. The topological polar surface area (TPSA) is 32.7 Å². The fourth-order valence-corrected chi connectivity index (χ4v) is 3.68. The molecule has 1 N–H and O–H groups in total. The molecule has 0 amide bonds. The first-order valence-corrected chi connectivity index (χ1v) is 7.95. The number of halogens is 1. The van der Waals surface area contributed by atoms with Crippen LogP contribution in [0.3, 0.4) is 0 Å². The number of aliphatic hydroxyl groups excluding tert-OH is 1. The van der Waals surface area contributed by atoms with Gasteiger partial charge in [-0.3, -0.25) is 4.90 Å². The van der Waals surface area contributed by atoms with E-state index in [4.69, 9.17) is 16.3 Å². The Morgan fingerprint density at radius 1 is 1.30 bits per heavy atom. The Labute approximate surface area is 125 Å². The van der Waals surface area contributed by atoms with Crippen molar-refractivity contribution in [1.82, 2.24) is 4.90 Å². The van der Waals surface area contributed by atoms with Crippen molar-refractivity contribution in [2.45, 2.75) is 44.8 Å². The van der Waals surface area contributed by atoms with E-state index in [-0.39, 0.29) is 6.04 Å². The van der Waals surface area contributed by atoms with Crippen LogP contribution in [0.2, 0.25) is 5.02 Å².